The van der Waals surface area contributed by atoms with Crippen LogP contribution in [0.15, 0.2) is 12.4 Å². The monoisotopic (exact) mass is 343 g/mol. The maximum atomic E-state index is 12.5. The van der Waals surface area contributed by atoms with E-state index < -0.39 is 11.7 Å². The molecule has 0 saturated heterocycles. The van der Waals surface area contributed by atoms with E-state index in [9.17, 15) is 4.79 Å². The molecule has 3 aromatic heterocycles. The van der Waals surface area contributed by atoms with Gasteiger partial charge >= 0.3 is 6.09 Å². The van der Waals surface area contributed by atoms with E-state index in [1.54, 1.807) is 13.4 Å². The van der Waals surface area contributed by atoms with E-state index in [1.165, 1.54) is 4.90 Å². The molecule has 3 aromatic rings. The molecule has 134 valence electrons. The van der Waals surface area contributed by atoms with Crippen LogP contribution in [0, 0.1) is 0 Å². The van der Waals surface area contributed by atoms with Crippen LogP contribution in [0.3, 0.4) is 0 Å². The number of anilines is 1. The number of fused-ring (bicyclic) bond motifs is 3. The van der Waals surface area contributed by atoms with Gasteiger partial charge in [-0.25, -0.2) is 14.8 Å². The molecule has 0 unspecified atom stereocenters. The molecule has 0 saturated carbocycles. The van der Waals surface area contributed by atoms with Gasteiger partial charge in [0, 0.05) is 25.2 Å². The molecule has 7 heteroatoms. The Balaban J connectivity index is 2.18. The summed E-state index contributed by atoms with van der Waals surface area (Å²) in [6.07, 6.45) is 1.28. The molecule has 0 atom stereocenters. The smallest absolute Gasteiger partial charge is 0.415 e. The molecule has 0 aliphatic rings. The number of nitrogens with zero attached hydrogens (tertiary/aromatic N) is 4. The number of hydrogen-bond donors (Lipinski definition) is 1. The molecule has 1 N–H and O–H groups in total. The fourth-order valence-corrected chi connectivity index (χ4v) is 2.76. The number of aryl methyl sites for hydroxylation is 1. The third-order valence-corrected chi connectivity index (χ3v) is 4.05. The molecule has 7 nitrogen and oxygen atoms in total. The number of imidazole rings is 1. The van der Waals surface area contributed by atoms with Crippen LogP contribution in [0.25, 0.3) is 22.1 Å². The Morgan fingerprint density at radius 3 is 2.64 bits per heavy atom. The van der Waals surface area contributed by atoms with Gasteiger partial charge in [-0.2, -0.15) is 0 Å². The second kappa shape index (κ2) is 5.75. The van der Waals surface area contributed by atoms with E-state index in [0.29, 0.717) is 17.3 Å². The van der Waals surface area contributed by atoms with E-state index in [2.05, 4.69) is 34.9 Å². The Kier molecular flexibility index (Phi) is 3.97. The van der Waals surface area contributed by atoms with Crippen LogP contribution in [0.5, 0.6) is 0 Å². The lowest BCUT2D eigenvalue weighted by molar-refractivity contribution is 0.0589. The summed E-state index contributed by atoms with van der Waals surface area (Å²) in [7, 11) is 3.59. The molecule has 0 aromatic carbocycles. The normalized spacial score (nSPS) is 12.3. The lowest BCUT2D eigenvalue weighted by Gasteiger charge is -2.24. The molecule has 0 spiro atoms. The Bertz CT molecular complexity index is 946. The van der Waals surface area contributed by atoms with Gasteiger partial charge in [-0.05, 0) is 32.8 Å². The number of aromatic nitrogens is 4. The van der Waals surface area contributed by atoms with Gasteiger partial charge in [0.2, 0.25) is 0 Å². The summed E-state index contributed by atoms with van der Waals surface area (Å²) < 4.78 is 7.42. The molecular formula is C18H25N5O2. The first kappa shape index (κ1) is 17.3. The minimum absolute atomic E-state index is 0.351. The molecule has 0 bridgehead atoms. The van der Waals surface area contributed by atoms with Crippen molar-refractivity contribution in [1.82, 2.24) is 19.5 Å². The number of H-pyrrole nitrogens is 1. The molecule has 0 aliphatic heterocycles. The van der Waals surface area contributed by atoms with Crippen molar-refractivity contribution < 1.29 is 9.53 Å². The number of ether oxygens (including phenoxy) is 1. The summed E-state index contributed by atoms with van der Waals surface area (Å²) >= 11 is 0. The zero-order valence-electron chi connectivity index (χ0n) is 15.8. The maximum absolute atomic E-state index is 12.5. The minimum Gasteiger partial charge on any atom is -0.443 e. The zero-order valence-corrected chi connectivity index (χ0v) is 15.8. The van der Waals surface area contributed by atoms with Gasteiger partial charge in [-0.1, -0.05) is 13.8 Å². The van der Waals surface area contributed by atoms with E-state index in [-0.39, 0.29) is 0 Å². The average molecular weight is 343 g/mol. The number of rotatable bonds is 2. The summed E-state index contributed by atoms with van der Waals surface area (Å²) in [5.74, 6) is 0.832. The van der Waals surface area contributed by atoms with Crippen LogP contribution in [-0.2, 0) is 11.8 Å². The molecule has 0 aliphatic carbocycles. The van der Waals surface area contributed by atoms with Crippen LogP contribution in [0.4, 0.5) is 10.6 Å². The number of amides is 1. The zero-order chi connectivity index (χ0) is 18.5. The van der Waals surface area contributed by atoms with Crippen molar-refractivity contribution >= 4 is 34.0 Å². The Labute approximate surface area is 147 Å². The summed E-state index contributed by atoms with van der Waals surface area (Å²) in [6.45, 7) is 9.76. The van der Waals surface area contributed by atoms with Gasteiger partial charge in [0.05, 0.1) is 11.8 Å². The van der Waals surface area contributed by atoms with Crippen molar-refractivity contribution in [2.45, 2.75) is 46.1 Å². The number of aromatic amines is 1. The Morgan fingerprint density at radius 2 is 2.04 bits per heavy atom. The predicted octanol–water partition coefficient (Wildman–Crippen LogP) is 3.94. The largest absolute Gasteiger partial charge is 0.443 e. The fraction of sp³-hybridized carbons (Fsp3) is 0.500. The van der Waals surface area contributed by atoms with Gasteiger partial charge in [-0.3, -0.25) is 4.90 Å². The van der Waals surface area contributed by atoms with Crippen LogP contribution in [0.1, 0.15) is 46.2 Å². The van der Waals surface area contributed by atoms with E-state index in [4.69, 9.17) is 4.74 Å². The van der Waals surface area contributed by atoms with Crippen LogP contribution in [0.2, 0.25) is 0 Å². The van der Waals surface area contributed by atoms with Crippen LogP contribution in [-0.4, -0.2) is 38.3 Å². The first-order chi connectivity index (χ1) is 11.6. The van der Waals surface area contributed by atoms with E-state index in [1.807, 2.05) is 32.4 Å². The summed E-state index contributed by atoms with van der Waals surface area (Å²) in [5, 5.41) is 1.00. The number of nitrogens with one attached hydrogen (secondary N) is 1. The molecule has 25 heavy (non-hydrogen) atoms. The highest BCUT2D eigenvalue weighted by atomic mass is 16.6. The summed E-state index contributed by atoms with van der Waals surface area (Å²) in [6, 6.07) is 2.11. The highest BCUT2D eigenvalue weighted by molar-refractivity contribution is 6.08. The van der Waals surface area contributed by atoms with Crippen molar-refractivity contribution in [3.8, 4) is 0 Å². The van der Waals surface area contributed by atoms with Crippen molar-refractivity contribution in [2.75, 3.05) is 11.9 Å². The standard InChI is InChI=1S/C18H25N5O2/c1-10(2)12-8-11-14-13(19-9-22(14)6)16(21-15(11)20-12)23(7)17(24)25-18(3,4)5/h8-10H,1-7H3,(H,20,21). The topological polar surface area (TPSA) is 76.0 Å². The third-order valence-electron chi connectivity index (χ3n) is 4.05. The van der Waals surface area contributed by atoms with E-state index >= 15 is 0 Å². The van der Waals surface area contributed by atoms with Crippen molar-refractivity contribution in [3.63, 3.8) is 0 Å². The predicted molar refractivity (Wildman–Crippen MR) is 99.1 cm³/mol. The quantitative estimate of drug-likeness (QED) is 0.764. The highest BCUT2D eigenvalue weighted by Crippen LogP contribution is 2.32. The number of hydrogen-bond acceptors (Lipinski definition) is 4. The molecule has 1 amide bonds. The first-order valence-corrected chi connectivity index (χ1v) is 8.39. The van der Waals surface area contributed by atoms with Crippen LogP contribution < -0.4 is 4.90 Å². The highest BCUT2D eigenvalue weighted by Gasteiger charge is 2.25. The molecule has 3 heterocycles. The third kappa shape index (κ3) is 3.06. The number of carbonyl (C=O) groups excluding carboxylic acids is 1. The summed E-state index contributed by atoms with van der Waals surface area (Å²) in [5.41, 5.74) is 2.89. The SMILES string of the molecule is CC(C)c1cc2c(nc(N(C)C(=O)OC(C)(C)C)c3ncn(C)c32)[nH]1. The van der Waals surface area contributed by atoms with Gasteiger partial charge in [0.15, 0.2) is 5.82 Å². The molecular weight excluding hydrogens is 318 g/mol. The Hall–Kier alpha value is -2.57. The van der Waals surface area contributed by atoms with Gasteiger partial charge in [0.1, 0.15) is 16.8 Å². The second-order valence-corrected chi connectivity index (χ2v) is 7.67. The average Bonchev–Trinajstić information content (AvgIpc) is 3.07. The van der Waals surface area contributed by atoms with Gasteiger partial charge < -0.3 is 14.3 Å². The lowest BCUT2D eigenvalue weighted by atomic mass is 10.1. The van der Waals surface area contributed by atoms with Crippen molar-refractivity contribution in [1.29, 1.82) is 0 Å². The number of pyridine rings is 1. The molecule has 0 fully saturated rings. The Morgan fingerprint density at radius 1 is 1.36 bits per heavy atom. The fourth-order valence-electron chi connectivity index (χ4n) is 2.76. The summed E-state index contributed by atoms with van der Waals surface area (Å²) in [4.78, 5) is 26.4. The molecule has 3 rings (SSSR count). The number of carbonyl (C=O) groups is 1. The molecule has 0 radical (unpaired) electrons. The van der Waals surface area contributed by atoms with Crippen molar-refractivity contribution in [3.05, 3.63) is 18.1 Å². The second-order valence-electron chi connectivity index (χ2n) is 7.67. The first-order valence-electron chi connectivity index (χ1n) is 8.39. The van der Waals surface area contributed by atoms with Crippen molar-refractivity contribution in [2.24, 2.45) is 7.05 Å². The van der Waals surface area contributed by atoms with E-state index in [0.717, 1.165) is 22.2 Å². The van der Waals surface area contributed by atoms with Crippen LogP contribution >= 0.6 is 0 Å². The van der Waals surface area contributed by atoms with Gasteiger partial charge in [-0.15, -0.1) is 0 Å². The lowest BCUT2D eigenvalue weighted by Crippen LogP contribution is -2.34. The maximum Gasteiger partial charge on any atom is 0.415 e. The minimum atomic E-state index is -0.573. The van der Waals surface area contributed by atoms with Gasteiger partial charge in [0.25, 0.3) is 0 Å².